The number of nitrogens with one attached hydrogen (secondary N) is 1. The van der Waals surface area contributed by atoms with Crippen LogP contribution in [-0.4, -0.2) is 13.2 Å². The summed E-state index contributed by atoms with van der Waals surface area (Å²) in [4.78, 5) is 0. The van der Waals surface area contributed by atoms with Gasteiger partial charge in [0.25, 0.3) is 0 Å². The molecule has 1 unspecified atom stereocenters. The van der Waals surface area contributed by atoms with Crippen molar-refractivity contribution in [2.45, 2.75) is 46.5 Å². The van der Waals surface area contributed by atoms with Crippen LogP contribution in [0.3, 0.4) is 0 Å². The van der Waals surface area contributed by atoms with Gasteiger partial charge < -0.3 is 15.8 Å². The van der Waals surface area contributed by atoms with E-state index in [1.807, 2.05) is 6.92 Å². The van der Waals surface area contributed by atoms with Gasteiger partial charge in [-0.25, -0.2) is 4.39 Å². The molecule has 0 saturated heterocycles. The predicted octanol–water partition coefficient (Wildman–Crippen LogP) is 4.43. The van der Waals surface area contributed by atoms with Crippen molar-refractivity contribution in [2.24, 2.45) is 5.92 Å². The van der Waals surface area contributed by atoms with E-state index in [1.54, 1.807) is 6.07 Å². The lowest BCUT2D eigenvalue weighted by Gasteiger charge is -2.18. The van der Waals surface area contributed by atoms with E-state index in [0.717, 1.165) is 18.7 Å². The zero-order valence-electron chi connectivity index (χ0n) is 12.8. The van der Waals surface area contributed by atoms with Gasteiger partial charge in [0.15, 0.2) is 11.6 Å². The molecule has 0 bridgehead atoms. The van der Waals surface area contributed by atoms with Gasteiger partial charge in [-0.2, -0.15) is 0 Å². The molecule has 0 aliphatic rings. The molecule has 0 heterocycles. The molecule has 20 heavy (non-hydrogen) atoms. The van der Waals surface area contributed by atoms with Crippen LogP contribution in [0.5, 0.6) is 5.75 Å². The van der Waals surface area contributed by atoms with Crippen LogP contribution >= 0.6 is 0 Å². The molecular formula is C16H27FN2O. The zero-order chi connectivity index (χ0) is 15.0. The summed E-state index contributed by atoms with van der Waals surface area (Å²) in [5.41, 5.74) is 7.04. The van der Waals surface area contributed by atoms with E-state index in [1.165, 1.54) is 25.3 Å². The molecule has 114 valence electrons. The lowest BCUT2D eigenvalue weighted by molar-refractivity contribution is 0.322. The maximum atomic E-state index is 13.6. The highest BCUT2D eigenvalue weighted by molar-refractivity contribution is 5.68. The van der Waals surface area contributed by atoms with Crippen molar-refractivity contribution in [1.82, 2.24) is 0 Å². The summed E-state index contributed by atoms with van der Waals surface area (Å²) in [5.74, 6) is 0.466. The minimum atomic E-state index is -0.409. The van der Waals surface area contributed by atoms with Gasteiger partial charge in [0.1, 0.15) is 0 Å². The fourth-order valence-corrected chi connectivity index (χ4v) is 2.19. The van der Waals surface area contributed by atoms with Gasteiger partial charge in [0, 0.05) is 18.7 Å². The first-order chi connectivity index (χ1) is 9.62. The van der Waals surface area contributed by atoms with Crippen molar-refractivity contribution in [3.05, 3.63) is 17.9 Å². The third-order valence-electron chi connectivity index (χ3n) is 3.53. The average molecular weight is 282 g/mol. The largest absolute Gasteiger partial charge is 0.491 e. The maximum absolute atomic E-state index is 13.6. The fourth-order valence-electron chi connectivity index (χ4n) is 2.19. The highest BCUT2D eigenvalue weighted by Gasteiger charge is 2.11. The normalized spacial score (nSPS) is 12.2. The number of benzene rings is 1. The van der Waals surface area contributed by atoms with Gasteiger partial charge in [-0.3, -0.25) is 0 Å². The van der Waals surface area contributed by atoms with Gasteiger partial charge in [0.2, 0.25) is 0 Å². The Bertz CT molecular complexity index is 410. The number of ether oxygens (including phenoxy) is 1. The minimum absolute atomic E-state index is 0.255. The Labute approximate surface area is 121 Å². The molecule has 1 aromatic carbocycles. The Balaban J connectivity index is 2.68. The summed E-state index contributed by atoms with van der Waals surface area (Å²) >= 11 is 0. The van der Waals surface area contributed by atoms with Crippen LogP contribution in [0.15, 0.2) is 12.1 Å². The molecule has 3 N–H and O–H groups in total. The number of nitrogens with two attached hydrogens (primary N) is 1. The van der Waals surface area contributed by atoms with Crippen LogP contribution in [0.4, 0.5) is 15.8 Å². The fraction of sp³-hybridized carbons (Fsp3) is 0.625. The lowest BCUT2D eigenvalue weighted by Crippen LogP contribution is -2.15. The first kappa shape index (κ1) is 16.6. The summed E-state index contributed by atoms with van der Waals surface area (Å²) < 4.78 is 18.9. The minimum Gasteiger partial charge on any atom is -0.491 e. The molecule has 0 saturated carbocycles. The number of anilines is 2. The topological polar surface area (TPSA) is 47.3 Å². The zero-order valence-corrected chi connectivity index (χ0v) is 12.8. The van der Waals surface area contributed by atoms with E-state index in [-0.39, 0.29) is 5.75 Å². The number of hydrogen-bond acceptors (Lipinski definition) is 3. The van der Waals surface area contributed by atoms with Crippen LogP contribution in [0.2, 0.25) is 0 Å². The van der Waals surface area contributed by atoms with E-state index in [4.69, 9.17) is 10.5 Å². The van der Waals surface area contributed by atoms with Crippen molar-refractivity contribution < 1.29 is 9.13 Å². The van der Waals surface area contributed by atoms with Crippen molar-refractivity contribution in [2.75, 3.05) is 24.2 Å². The molecule has 1 atom stereocenters. The van der Waals surface area contributed by atoms with Crippen LogP contribution in [0, 0.1) is 11.7 Å². The molecule has 0 amide bonds. The quantitative estimate of drug-likeness (QED) is 0.658. The van der Waals surface area contributed by atoms with E-state index in [9.17, 15) is 4.39 Å². The molecule has 1 aromatic rings. The maximum Gasteiger partial charge on any atom is 0.167 e. The average Bonchev–Trinajstić information content (AvgIpc) is 2.43. The molecule has 0 fully saturated rings. The second-order valence-electron chi connectivity index (χ2n) is 5.10. The molecule has 4 heteroatoms. The van der Waals surface area contributed by atoms with Crippen LogP contribution in [-0.2, 0) is 0 Å². The molecule has 3 nitrogen and oxygen atoms in total. The SMILES string of the molecule is CCCCC(CC)CNc1cc(OCC)c(F)cc1N. The Morgan fingerprint density at radius 1 is 1.30 bits per heavy atom. The Hall–Kier alpha value is -1.45. The van der Waals surface area contributed by atoms with Crippen LogP contribution in [0.1, 0.15) is 46.5 Å². The molecule has 1 rings (SSSR count). The van der Waals surface area contributed by atoms with Crippen LogP contribution in [0.25, 0.3) is 0 Å². The lowest BCUT2D eigenvalue weighted by atomic mass is 9.99. The van der Waals surface area contributed by atoms with Crippen LogP contribution < -0.4 is 15.8 Å². The predicted molar refractivity (Wildman–Crippen MR) is 83.8 cm³/mol. The number of rotatable bonds is 9. The highest BCUT2D eigenvalue weighted by Crippen LogP contribution is 2.28. The molecule has 0 aromatic heterocycles. The van der Waals surface area contributed by atoms with Gasteiger partial charge in [-0.1, -0.05) is 33.1 Å². The highest BCUT2D eigenvalue weighted by atomic mass is 19.1. The van der Waals surface area contributed by atoms with Gasteiger partial charge in [-0.05, 0) is 19.3 Å². The first-order valence-corrected chi connectivity index (χ1v) is 7.57. The smallest absolute Gasteiger partial charge is 0.167 e. The second-order valence-corrected chi connectivity index (χ2v) is 5.10. The molecule has 0 aliphatic heterocycles. The molecule has 0 radical (unpaired) electrons. The van der Waals surface area contributed by atoms with Gasteiger partial charge in [-0.15, -0.1) is 0 Å². The number of unbranched alkanes of at least 4 members (excludes halogenated alkanes) is 1. The number of halogens is 1. The summed E-state index contributed by atoms with van der Waals surface area (Å²) in [5, 5.41) is 3.33. The van der Waals surface area contributed by atoms with Crippen molar-refractivity contribution >= 4 is 11.4 Å². The van der Waals surface area contributed by atoms with E-state index in [2.05, 4.69) is 19.2 Å². The summed E-state index contributed by atoms with van der Waals surface area (Å²) in [6.07, 6.45) is 4.79. The number of nitrogen functional groups attached to an aromatic ring is 1. The molecular weight excluding hydrogens is 255 g/mol. The third kappa shape index (κ3) is 4.91. The Morgan fingerprint density at radius 3 is 2.65 bits per heavy atom. The van der Waals surface area contributed by atoms with Crippen molar-refractivity contribution in [3.63, 3.8) is 0 Å². The molecule has 0 spiro atoms. The van der Waals surface area contributed by atoms with E-state index in [0.29, 0.717) is 18.2 Å². The summed E-state index contributed by atoms with van der Waals surface area (Å²) in [6.45, 7) is 7.53. The standard InChI is InChI=1S/C16H27FN2O/c1-4-7-8-12(5-2)11-19-15-10-16(20-6-3)13(17)9-14(15)18/h9-10,12,19H,4-8,11,18H2,1-3H3. The molecule has 0 aliphatic carbocycles. The van der Waals surface area contributed by atoms with Crippen molar-refractivity contribution in [1.29, 1.82) is 0 Å². The van der Waals surface area contributed by atoms with Gasteiger partial charge in [0.05, 0.1) is 18.0 Å². The monoisotopic (exact) mass is 282 g/mol. The summed E-state index contributed by atoms with van der Waals surface area (Å²) in [6, 6.07) is 2.97. The van der Waals surface area contributed by atoms with Crippen molar-refractivity contribution in [3.8, 4) is 5.75 Å². The Morgan fingerprint density at radius 2 is 2.05 bits per heavy atom. The van der Waals surface area contributed by atoms with Gasteiger partial charge >= 0.3 is 0 Å². The number of hydrogen-bond donors (Lipinski definition) is 2. The summed E-state index contributed by atoms with van der Waals surface area (Å²) in [7, 11) is 0. The third-order valence-corrected chi connectivity index (χ3v) is 3.53. The van der Waals surface area contributed by atoms with E-state index < -0.39 is 5.82 Å². The van der Waals surface area contributed by atoms with E-state index >= 15 is 0 Å². The first-order valence-electron chi connectivity index (χ1n) is 7.57. The Kier molecular flexibility index (Phi) is 7.20. The second kappa shape index (κ2) is 8.67.